The first kappa shape index (κ1) is 23.6. The number of hydrogen-bond acceptors (Lipinski definition) is 9. The summed E-state index contributed by atoms with van der Waals surface area (Å²) in [6.07, 6.45) is 0. The number of carbonyl (C=O) groups is 4. The maximum atomic E-state index is 12.7. The quantitative estimate of drug-likeness (QED) is 0.211. The molecular weight excluding hydrogens is 482 g/mol. The minimum Gasteiger partial charge on any atom is -0.477 e. The van der Waals surface area contributed by atoms with Gasteiger partial charge in [0.25, 0.3) is 5.91 Å². The van der Waals surface area contributed by atoms with Crippen LogP contribution in [-0.4, -0.2) is 78.0 Å². The highest BCUT2D eigenvalue weighted by Crippen LogP contribution is 2.40. The Kier molecular flexibility index (Phi) is 6.79. The van der Waals surface area contributed by atoms with Gasteiger partial charge in [-0.25, -0.2) is 9.47 Å². The Labute approximate surface area is 202 Å². The zero-order chi connectivity index (χ0) is 24.4. The number of nitrogens with two attached hydrogens (primary N) is 1. The van der Waals surface area contributed by atoms with E-state index < -0.39 is 29.2 Å². The lowest BCUT2D eigenvalue weighted by Crippen LogP contribution is -2.70. The zero-order valence-corrected chi connectivity index (χ0v) is 19.6. The molecule has 1 aromatic heterocycles. The molecule has 0 spiro atoms. The molecule has 1 aromatic carbocycles. The smallest absolute Gasteiger partial charge is 0.352 e. The number of nitrogen functional groups attached to an aromatic ring is 1. The molecule has 0 aliphatic carbocycles. The Hall–Kier alpha value is -3.52. The summed E-state index contributed by atoms with van der Waals surface area (Å²) in [4.78, 5) is 49.3. The highest BCUT2D eigenvalue weighted by molar-refractivity contribution is 8.00. The van der Waals surface area contributed by atoms with Gasteiger partial charge >= 0.3 is 5.97 Å². The van der Waals surface area contributed by atoms with Crippen LogP contribution in [-0.2, 0) is 19.2 Å². The number of rotatable bonds is 8. The molecule has 0 bridgehead atoms. The topological polar surface area (TPSA) is 173 Å². The fourth-order valence-electron chi connectivity index (χ4n) is 3.55. The lowest BCUT2D eigenvalue weighted by atomic mass is 10.0. The Morgan fingerprint density at radius 1 is 1.26 bits per heavy atom. The number of fused-ring (bicyclic) bond motifs is 1. The second kappa shape index (κ2) is 9.77. The summed E-state index contributed by atoms with van der Waals surface area (Å²) in [5, 5.41) is 22.7. The minimum atomic E-state index is -1.25. The number of nitrogens with zero attached hydrogens (tertiary/aromatic N) is 4. The lowest BCUT2D eigenvalue weighted by Gasteiger charge is -2.49. The first-order valence-electron chi connectivity index (χ1n) is 10.1. The Bertz CT molecular complexity index is 1180. The van der Waals surface area contributed by atoms with Gasteiger partial charge in [0.2, 0.25) is 17.0 Å². The molecule has 0 radical (unpaired) electrons. The third kappa shape index (κ3) is 4.59. The first-order valence-corrected chi connectivity index (χ1v) is 12.1. The van der Waals surface area contributed by atoms with Crippen molar-refractivity contribution in [2.75, 3.05) is 23.9 Å². The van der Waals surface area contributed by atoms with Crippen molar-refractivity contribution in [1.29, 1.82) is 0 Å². The summed E-state index contributed by atoms with van der Waals surface area (Å²) in [6, 6.07) is 8.40. The molecule has 3 heterocycles. The zero-order valence-electron chi connectivity index (χ0n) is 17.9. The Balaban J connectivity index is 1.37. The van der Waals surface area contributed by atoms with E-state index in [1.165, 1.54) is 23.4 Å². The van der Waals surface area contributed by atoms with E-state index in [9.17, 15) is 24.3 Å². The highest BCUT2D eigenvalue weighted by Gasteiger charge is 2.54. The molecule has 1 saturated heterocycles. The summed E-state index contributed by atoms with van der Waals surface area (Å²) in [5.41, 5.74) is 1.07. The summed E-state index contributed by atoms with van der Waals surface area (Å²) in [5.74, 6) is 4.29. The summed E-state index contributed by atoms with van der Waals surface area (Å²) in [6.45, 7) is 1.37. The number of thioether (sulfide) groups is 2. The van der Waals surface area contributed by atoms with Crippen molar-refractivity contribution < 1.29 is 24.3 Å². The van der Waals surface area contributed by atoms with Crippen molar-refractivity contribution in [2.45, 2.75) is 23.5 Å². The van der Waals surface area contributed by atoms with Gasteiger partial charge in [-0.1, -0.05) is 42.1 Å². The van der Waals surface area contributed by atoms with Gasteiger partial charge in [0, 0.05) is 24.8 Å². The number of hydrogen-bond donors (Lipinski definition) is 4. The largest absolute Gasteiger partial charge is 0.477 e. The van der Waals surface area contributed by atoms with Crippen molar-refractivity contribution in [3.05, 3.63) is 41.6 Å². The van der Waals surface area contributed by atoms with Crippen LogP contribution in [0.1, 0.15) is 6.92 Å². The average molecular weight is 504 g/mol. The number of benzene rings is 1. The van der Waals surface area contributed by atoms with E-state index in [1.54, 1.807) is 0 Å². The molecule has 2 aliphatic heterocycles. The number of amides is 3. The molecule has 178 valence electrons. The van der Waals surface area contributed by atoms with Crippen molar-refractivity contribution in [3.8, 4) is 11.4 Å². The van der Waals surface area contributed by atoms with Gasteiger partial charge in [-0.15, -0.1) is 22.0 Å². The molecule has 2 aliphatic rings. The number of carbonyl (C=O) groups excluding carboxylic acids is 3. The van der Waals surface area contributed by atoms with Crippen LogP contribution in [0.3, 0.4) is 0 Å². The number of nitrogens with one attached hydrogen (secondary N) is 2. The van der Waals surface area contributed by atoms with E-state index in [1.807, 2.05) is 30.3 Å². The van der Waals surface area contributed by atoms with Gasteiger partial charge in [-0.2, -0.15) is 0 Å². The molecule has 2 aromatic rings. The molecule has 5 N–H and O–H groups in total. The van der Waals surface area contributed by atoms with Crippen LogP contribution in [0.4, 0.5) is 0 Å². The summed E-state index contributed by atoms with van der Waals surface area (Å²) < 4.78 is 1.29. The van der Waals surface area contributed by atoms with Crippen LogP contribution in [0.15, 0.2) is 46.8 Å². The maximum Gasteiger partial charge on any atom is 0.352 e. The molecule has 1 unspecified atom stereocenters. The predicted molar refractivity (Wildman–Crippen MR) is 125 cm³/mol. The van der Waals surface area contributed by atoms with E-state index >= 15 is 0 Å². The van der Waals surface area contributed by atoms with Crippen LogP contribution in [0.5, 0.6) is 0 Å². The van der Waals surface area contributed by atoms with Crippen molar-refractivity contribution in [1.82, 2.24) is 30.4 Å². The molecule has 2 atom stereocenters. The number of carboxylic acids is 1. The minimum absolute atomic E-state index is 0.0405. The lowest BCUT2D eigenvalue weighted by molar-refractivity contribution is -0.150. The van der Waals surface area contributed by atoms with Gasteiger partial charge in [0.1, 0.15) is 17.1 Å². The summed E-state index contributed by atoms with van der Waals surface area (Å²) in [7, 11) is 0. The molecule has 4 rings (SSSR count). The van der Waals surface area contributed by atoms with Gasteiger partial charge in [0.15, 0.2) is 5.82 Å². The second-order valence-corrected chi connectivity index (χ2v) is 9.50. The van der Waals surface area contributed by atoms with Crippen LogP contribution >= 0.6 is 23.5 Å². The molecule has 0 saturated carbocycles. The van der Waals surface area contributed by atoms with E-state index in [0.717, 1.165) is 22.2 Å². The van der Waals surface area contributed by atoms with Gasteiger partial charge in [-0.05, 0) is 5.57 Å². The van der Waals surface area contributed by atoms with E-state index in [-0.39, 0.29) is 23.9 Å². The van der Waals surface area contributed by atoms with Crippen molar-refractivity contribution >= 4 is 47.2 Å². The maximum absolute atomic E-state index is 12.7. The van der Waals surface area contributed by atoms with E-state index in [2.05, 4.69) is 20.8 Å². The number of aliphatic carboxylic acids is 1. The van der Waals surface area contributed by atoms with E-state index in [0.29, 0.717) is 22.3 Å². The molecular formula is C20H21N7O5S2. The molecule has 14 heteroatoms. The predicted octanol–water partition coefficient (Wildman–Crippen LogP) is -0.374. The normalized spacial score (nSPS) is 19.3. The summed E-state index contributed by atoms with van der Waals surface area (Å²) >= 11 is 2.40. The van der Waals surface area contributed by atoms with Gasteiger partial charge in [0.05, 0.1) is 5.75 Å². The van der Waals surface area contributed by atoms with Crippen molar-refractivity contribution in [2.24, 2.45) is 0 Å². The van der Waals surface area contributed by atoms with Crippen LogP contribution < -0.4 is 16.5 Å². The SMILES string of the molecule is CC(=O)NCC1=C(C(=O)O)N2C(=O)C(NC(=O)CSc3nnc(-c4ccccc4)n3N)[C@H]2SC1. The first-order chi connectivity index (χ1) is 16.3. The van der Waals surface area contributed by atoms with E-state index in [4.69, 9.17) is 5.84 Å². The highest BCUT2D eigenvalue weighted by atomic mass is 32.2. The fourth-order valence-corrected chi connectivity index (χ4v) is 5.57. The van der Waals surface area contributed by atoms with Gasteiger partial charge in [-0.3, -0.25) is 19.3 Å². The average Bonchev–Trinajstić information content (AvgIpc) is 3.19. The molecule has 1 fully saturated rings. The van der Waals surface area contributed by atoms with Crippen LogP contribution in [0.25, 0.3) is 11.4 Å². The molecule has 3 amide bonds. The van der Waals surface area contributed by atoms with Crippen molar-refractivity contribution in [3.63, 3.8) is 0 Å². The Morgan fingerprint density at radius 2 is 2.00 bits per heavy atom. The number of β-lactam (4-membered cyclic amide) rings is 1. The van der Waals surface area contributed by atoms with Gasteiger partial charge < -0.3 is 21.6 Å². The Morgan fingerprint density at radius 3 is 2.68 bits per heavy atom. The number of carboxylic acid groups (broad SMARTS) is 1. The molecule has 12 nitrogen and oxygen atoms in total. The molecule has 34 heavy (non-hydrogen) atoms. The third-order valence-corrected chi connectivity index (χ3v) is 7.43. The number of aromatic nitrogens is 3. The van der Waals surface area contributed by atoms with Crippen LogP contribution in [0, 0.1) is 0 Å². The standard InChI is InChI=1S/C20H21N7O5S2/c1-10(28)22-7-12-8-33-18-14(17(30)26(18)15(12)19(31)32)23-13(29)9-34-20-25-24-16(27(20)21)11-5-3-2-4-6-11/h2-6,14,18H,7-9,21H2,1H3,(H,22,28)(H,23,29)(H,31,32)/t14?,18-/m1/s1. The fraction of sp³-hybridized carbons (Fsp3) is 0.300. The second-order valence-electron chi connectivity index (χ2n) is 7.45. The van der Waals surface area contributed by atoms with Crippen LogP contribution in [0.2, 0.25) is 0 Å². The third-order valence-electron chi connectivity index (χ3n) is 5.15. The monoisotopic (exact) mass is 503 g/mol.